The molecule has 102 heavy (non-hydrogen) atoms. The average molecular weight is 1490 g/mol. The van der Waals surface area contributed by atoms with E-state index in [1.54, 1.807) is 0 Å². The number of rotatable bonds is 80. The van der Waals surface area contributed by atoms with Gasteiger partial charge in [-0.25, -0.2) is 9.13 Å². The summed E-state index contributed by atoms with van der Waals surface area (Å²) in [5.74, 6) is 0.996. The molecule has 0 aromatic carbocycles. The van der Waals surface area contributed by atoms with Crippen molar-refractivity contribution in [2.45, 2.75) is 446 Å². The largest absolute Gasteiger partial charge is 0.472 e. The summed E-state index contributed by atoms with van der Waals surface area (Å²) in [5, 5.41) is 10.6. The van der Waals surface area contributed by atoms with Gasteiger partial charge >= 0.3 is 39.5 Å². The van der Waals surface area contributed by atoms with Crippen molar-refractivity contribution >= 4 is 39.5 Å². The fraction of sp³-hybridized carbons (Fsp3) is 0.952. The first-order chi connectivity index (χ1) is 49.1. The number of hydrogen-bond donors (Lipinski definition) is 3. The summed E-state index contributed by atoms with van der Waals surface area (Å²) in [7, 11) is -9.92. The fourth-order valence-corrected chi connectivity index (χ4v) is 14.3. The minimum Gasteiger partial charge on any atom is -0.462 e. The average Bonchev–Trinajstić information content (AvgIpc) is 0.944. The topological polar surface area (TPSA) is 237 Å². The first-order valence-corrected chi connectivity index (χ1v) is 45.7. The second kappa shape index (κ2) is 72.0. The van der Waals surface area contributed by atoms with Gasteiger partial charge in [0, 0.05) is 25.7 Å². The number of ether oxygens (including phenoxy) is 4. The van der Waals surface area contributed by atoms with E-state index in [0.717, 1.165) is 120 Å². The third kappa shape index (κ3) is 74.9. The van der Waals surface area contributed by atoms with E-state index in [1.165, 1.54) is 225 Å². The van der Waals surface area contributed by atoms with E-state index in [0.29, 0.717) is 25.7 Å². The van der Waals surface area contributed by atoms with Gasteiger partial charge in [0.25, 0.3) is 0 Å². The van der Waals surface area contributed by atoms with E-state index in [-0.39, 0.29) is 25.7 Å². The van der Waals surface area contributed by atoms with Crippen LogP contribution in [0.4, 0.5) is 0 Å². The van der Waals surface area contributed by atoms with E-state index >= 15 is 0 Å². The second-order valence-electron chi connectivity index (χ2n) is 31.5. The van der Waals surface area contributed by atoms with Crippen LogP contribution in [0, 0.1) is 23.7 Å². The Morgan fingerprint density at radius 2 is 0.471 bits per heavy atom. The summed E-state index contributed by atoms with van der Waals surface area (Å²) in [6, 6.07) is 0. The molecule has 0 amide bonds. The number of phosphoric ester groups is 2. The first kappa shape index (κ1) is 100. The summed E-state index contributed by atoms with van der Waals surface area (Å²) in [6.07, 6.45) is 59.8. The summed E-state index contributed by atoms with van der Waals surface area (Å²) < 4.78 is 68.8. The Labute approximate surface area is 626 Å². The van der Waals surface area contributed by atoms with Gasteiger partial charge in [0.1, 0.15) is 19.3 Å². The SMILES string of the molecule is CCC(C)CCCCCCCCC(=O)OC[C@H](COP(=O)(O)OC[C@H](O)COP(=O)(O)OC[C@@H](COC(=O)CCCCCCCCCCCCCCCCCC(C)C)OC(=O)CCCCCCCCCCCCCCCCCCCCC(C)C)OC(=O)CCCCCCCCCCCCC(C)C. The number of carbonyl (C=O) groups excluding carboxylic acids is 4. The van der Waals surface area contributed by atoms with Crippen molar-refractivity contribution < 1.29 is 80.2 Å². The molecule has 0 spiro atoms. The lowest BCUT2D eigenvalue weighted by Gasteiger charge is -2.21. The van der Waals surface area contributed by atoms with Crippen LogP contribution in [0.15, 0.2) is 0 Å². The molecule has 0 aromatic rings. The van der Waals surface area contributed by atoms with Crippen LogP contribution in [0.1, 0.15) is 428 Å². The lowest BCUT2D eigenvalue weighted by Crippen LogP contribution is -2.30. The fourth-order valence-electron chi connectivity index (χ4n) is 12.8. The van der Waals surface area contributed by atoms with Gasteiger partial charge in [0.2, 0.25) is 0 Å². The molecular weight excluding hydrogens is 1330 g/mol. The van der Waals surface area contributed by atoms with Crippen molar-refractivity contribution in [3.05, 3.63) is 0 Å². The Bertz CT molecular complexity index is 1990. The molecule has 6 atom stereocenters. The van der Waals surface area contributed by atoms with Crippen molar-refractivity contribution in [1.82, 2.24) is 0 Å². The number of phosphoric acid groups is 2. The number of aliphatic hydroxyl groups is 1. The van der Waals surface area contributed by atoms with Crippen molar-refractivity contribution in [3.63, 3.8) is 0 Å². The number of unbranched alkanes of at least 4 members (excludes halogenated alkanes) is 45. The molecule has 19 heteroatoms. The number of esters is 4. The van der Waals surface area contributed by atoms with Gasteiger partial charge in [-0.1, -0.05) is 376 Å². The monoisotopic (exact) mass is 1490 g/mol. The Kier molecular flexibility index (Phi) is 70.6. The normalized spacial score (nSPS) is 14.3. The lowest BCUT2D eigenvalue weighted by atomic mass is 10.00. The summed E-state index contributed by atoms with van der Waals surface area (Å²) in [4.78, 5) is 73.1. The highest BCUT2D eigenvalue weighted by Crippen LogP contribution is 2.45. The van der Waals surface area contributed by atoms with E-state index in [4.69, 9.17) is 37.0 Å². The summed E-state index contributed by atoms with van der Waals surface area (Å²) in [5.41, 5.74) is 0. The zero-order chi connectivity index (χ0) is 75.3. The number of aliphatic hydroxyl groups excluding tert-OH is 1. The molecule has 606 valence electrons. The molecule has 0 aliphatic heterocycles. The number of hydrogen-bond acceptors (Lipinski definition) is 15. The van der Waals surface area contributed by atoms with Crippen molar-refractivity contribution in [2.24, 2.45) is 23.7 Å². The third-order valence-electron chi connectivity index (χ3n) is 19.7. The standard InChI is InChI=1S/C83H162O17P2/c1-9-76(8)62-54-46-41-42-48-56-64-81(86)94-70-79(100-83(88)66-58-50-40-34-28-27-31-37-45-53-61-75(6)7)72-98-102(91,92)96-68-77(84)67-95-101(89,90)97-71-78(69-93-80(85)63-55-47-38-32-25-21-18-14-16-20-24-30-36-44-52-60-74(4)5)99-82(87)65-57-49-39-33-26-22-17-13-11-10-12-15-19-23-29-35-43-51-59-73(2)3/h73-79,84H,9-72H2,1-8H3,(H,89,90)(H,91,92)/t76?,77-,78-,79-/m1/s1. The highest BCUT2D eigenvalue weighted by Gasteiger charge is 2.30. The van der Waals surface area contributed by atoms with E-state index in [1.807, 2.05) is 0 Å². The second-order valence-corrected chi connectivity index (χ2v) is 34.4. The van der Waals surface area contributed by atoms with Crippen LogP contribution in [-0.2, 0) is 65.4 Å². The molecule has 3 unspecified atom stereocenters. The molecule has 0 saturated heterocycles. The number of carbonyl (C=O) groups is 4. The van der Waals surface area contributed by atoms with Crippen LogP contribution >= 0.6 is 15.6 Å². The van der Waals surface area contributed by atoms with Crippen molar-refractivity contribution in [2.75, 3.05) is 39.6 Å². The van der Waals surface area contributed by atoms with Crippen LogP contribution in [0.5, 0.6) is 0 Å². The van der Waals surface area contributed by atoms with E-state index in [2.05, 4.69) is 55.4 Å². The molecule has 0 aliphatic carbocycles. The molecule has 0 aliphatic rings. The molecule has 0 heterocycles. The highest BCUT2D eigenvalue weighted by atomic mass is 31.2. The zero-order valence-corrected chi connectivity index (χ0v) is 69.0. The Morgan fingerprint density at radius 1 is 0.275 bits per heavy atom. The lowest BCUT2D eigenvalue weighted by molar-refractivity contribution is -0.161. The Hall–Kier alpha value is -1.94. The van der Waals surface area contributed by atoms with Crippen LogP contribution < -0.4 is 0 Å². The molecule has 0 fully saturated rings. The molecule has 3 N–H and O–H groups in total. The predicted molar refractivity (Wildman–Crippen MR) is 418 cm³/mol. The Balaban J connectivity index is 5.23. The van der Waals surface area contributed by atoms with Crippen LogP contribution in [0.25, 0.3) is 0 Å². The van der Waals surface area contributed by atoms with Gasteiger partial charge in [0.05, 0.1) is 26.4 Å². The van der Waals surface area contributed by atoms with Crippen molar-refractivity contribution in [1.29, 1.82) is 0 Å². The molecule has 0 bridgehead atoms. The minimum absolute atomic E-state index is 0.105. The van der Waals surface area contributed by atoms with Crippen LogP contribution in [-0.4, -0.2) is 96.7 Å². The maximum absolute atomic E-state index is 13.1. The molecule has 0 rings (SSSR count). The maximum Gasteiger partial charge on any atom is 0.472 e. The highest BCUT2D eigenvalue weighted by molar-refractivity contribution is 7.47. The molecule has 0 saturated carbocycles. The minimum atomic E-state index is -4.96. The quantitative estimate of drug-likeness (QED) is 0.0222. The molecule has 0 aromatic heterocycles. The first-order valence-electron chi connectivity index (χ1n) is 42.7. The van der Waals surface area contributed by atoms with Crippen LogP contribution in [0.3, 0.4) is 0 Å². The summed E-state index contributed by atoms with van der Waals surface area (Å²) in [6.45, 7) is 14.3. The van der Waals surface area contributed by atoms with Gasteiger partial charge in [-0.3, -0.25) is 37.3 Å². The zero-order valence-electron chi connectivity index (χ0n) is 67.2. The summed E-state index contributed by atoms with van der Waals surface area (Å²) >= 11 is 0. The molecule has 0 radical (unpaired) electrons. The van der Waals surface area contributed by atoms with Crippen molar-refractivity contribution in [3.8, 4) is 0 Å². The van der Waals surface area contributed by atoms with Gasteiger partial charge in [0.15, 0.2) is 12.2 Å². The maximum atomic E-state index is 13.1. The van der Waals surface area contributed by atoms with Gasteiger partial charge in [-0.05, 0) is 49.4 Å². The van der Waals surface area contributed by atoms with E-state index in [9.17, 15) is 43.2 Å². The third-order valence-corrected chi connectivity index (χ3v) is 21.6. The molecular formula is C83H162O17P2. The van der Waals surface area contributed by atoms with Gasteiger partial charge in [-0.15, -0.1) is 0 Å². The van der Waals surface area contributed by atoms with E-state index < -0.39 is 97.5 Å². The van der Waals surface area contributed by atoms with Gasteiger partial charge < -0.3 is 33.8 Å². The van der Waals surface area contributed by atoms with Crippen LogP contribution in [0.2, 0.25) is 0 Å². The predicted octanol–water partition coefficient (Wildman–Crippen LogP) is 24.8. The smallest absolute Gasteiger partial charge is 0.462 e. The van der Waals surface area contributed by atoms with Gasteiger partial charge in [-0.2, -0.15) is 0 Å². The molecule has 17 nitrogen and oxygen atoms in total. The Morgan fingerprint density at radius 3 is 0.696 bits per heavy atom.